The average Bonchev–Trinajstić information content (AvgIpc) is 3.17. The summed E-state index contributed by atoms with van der Waals surface area (Å²) < 4.78 is 22.6. The molecule has 0 radical (unpaired) electrons. The molecule has 8 heteroatoms. The maximum atomic E-state index is 13.9. The molecule has 2 aromatic heterocycles. The van der Waals surface area contributed by atoms with Crippen LogP contribution in [0, 0.1) is 13.8 Å². The van der Waals surface area contributed by atoms with Crippen molar-refractivity contribution < 1.29 is 23.4 Å². The van der Waals surface area contributed by atoms with Gasteiger partial charge in [-0.25, -0.2) is 4.98 Å². The smallest absolute Gasteiger partial charge is 0.296 e. The van der Waals surface area contributed by atoms with Gasteiger partial charge in [0.15, 0.2) is 16.9 Å². The SMILES string of the molecule is COc1cc(C2c3c(oc4cc(C)c(C)cc4c3=O)C(=O)N2c2ccccn2)cc(OC)c1OC. The van der Waals surface area contributed by atoms with Gasteiger partial charge in [0.2, 0.25) is 11.5 Å². The van der Waals surface area contributed by atoms with Crippen molar-refractivity contribution in [1.82, 2.24) is 4.98 Å². The van der Waals surface area contributed by atoms with E-state index in [1.54, 1.807) is 48.7 Å². The van der Waals surface area contributed by atoms with Crippen LogP contribution in [-0.2, 0) is 0 Å². The third-order valence-electron chi connectivity index (χ3n) is 6.39. The molecule has 0 bridgehead atoms. The standard InChI is InChI=1S/C27H24N2O6/c1-14-10-17-18(11-15(14)2)35-26-22(24(17)30)23(29(27(26)31)21-8-6-7-9-28-21)16-12-19(32-3)25(34-5)20(13-16)33-4/h6-13,23H,1-5H3. The fraction of sp³-hybridized carbons (Fsp3) is 0.222. The Balaban J connectivity index is 1.85. The number of amides is 1. The highest BCUT2D eigenvalue weighted by atomic mass is 16.5. The van der Waals surface area contributed by atoms with E-state index in [2.05, 4.69) is 4.98 Å². The van der Waals surface area contributed by atoms with Crippen molar-refractivity contribution in [2.24, 2.45) is 0 Å². The number of benzene rings is 2. The van der Waals surface area contributed by atoms with Gasteiger partial charge in [-0.1, -0.05) is 6.07 Å². The third kappa shape index (κ3) is 3.41. The molecular weight excluding hydrogens is 448 g/mol. The minimum Gasteiger partial charge on any atom is -0.493 e. The number of aryl methyl sites for hydroxylation is 2. The summed E-state index contributed by atoms with van der Waals surface area (Å²) in [4.78, 5) is 33.5. The molecule has 1 aliphatic heterocycles. The predicted molar refractivity (Wildman–Crippen MR) is 131 cm³/mol. The second-order valence-electron chi connectivity index (χ2n) is 8.33. The molecule has 4 aromatic rings. The summed E-state index contributed by atoms with van der Waals surface area (Å²) in [6, 6.07) is 11.5. The van der Waals surface area contributed by atoms with Gasteiger partial charge in [-0.15, -0.1) is 0 Å². The Labute approximate surface area is 201 Å². The summed E-state index contributed by atoms with van der Waals surface area (Å²) >= 11 is 0. The largest absolute Gasteiger partial charge is 0.493 e. The zero-order chi connectivity index (χ0) is 24.9. The topological polar surface area (TPSA) is 91.1 Å². The molecule has 2 aromatic carbocycles. The van der Waals surface area contributed by atoms with Crippen LogP contribution >= 0.6 is 0 Å². The van der Waals surface area contributed by atoms with Crippen LogP contribution in [-0.4, -0.2) is 32.2 Å². The van der Waals surface area contributed by atoms with Gasteiger partial charge in [-0.3, -0.25) is 14.5 Å². The number of aromatic nitrogens is 1. The van der Waals surface area contributed by atoms with E-state index in [0.717, 1.165) is 11.1 Å². The molecule has 0 fully saturated rings. The zero-order valence-electron chi connectivity index (χ0n) is 20.0. The Bertz CT molecular complexity index is 1500. The molecule has 1 atom stereocenters. The molecule has 1 aliphatic rings. The monoisotopic (exact) mass is 472 g/mol. The molecule has 1 unspecified atom stereocenters. The average molecular weight is 472 g/mol. The molecule has 3 heterocycles. The van der Waals surface area contributed by atoms with E-state index >= 15 is 0 Å². The molecule has 35 heavy (non-hydrogen) atoms. The lowest BCUT2D eigenvalue weighted by Crippen LogP contribution is -2.30. The molecule has 1 amide bonds. The first-order chi connectivity index (χ1) is 16.9. The lowest BCUT2D eigenvalue weighted by atomic mass is 9.96. The first-order valence-corrected chi connectivity index (χ1v) is 11.0. The lowest BCUT2D eigenvalue weighted by Gasteiger charge is -2.25. The van der Waals surface area contributed by atoms with Gasteiger partial charge < -0.3 is 18.6 Å². The van der Waals surface area contributed by atoms with Crippen LogP contribution in [0.1, 0.15) is 38.9 Å². The van der Waals surface area contributed by atoms with Crippen LogP contribution in [0.3, 0.4) is 0 Å². The lowest BCUT2D eigenvalue weighted by molar-refractivity contribution is 0.0970. The Morgan fingerprint density at radius 1 is 0.914 bits per heavy atom. The van der Waals surface area contributed by atoms with Crippen molar-refractivity contribution in [2.75, 3.05) is 26.2 Å². The van der Waals surface area contributed by atoms with E-state index in [0.29, 0.717) is 39.6 Å². The Morgan fingerprint density at radius 3 is 2.20 bits per heavy atom. The highest BCUT2D eigenvalue weighted by Gasteiger charge is 2.45. The third-order valence-corrected chi connectivity index (χ3v) is 6.39. The van der Waals surface area contributed by atoms with Crippen LogP contribution in [0.5, 0.6) is 17.2 Å². The number of carbonyl (C=O) groups excluding carboxylic acids is 1. The summed E-state index contributed by atoms with van der Waals surface area (Å²) in [5.41, 5.74) is 2.86. The van der Waals surface area contributed by atoms with Crippen molar-refractivity contribution in [1.29, 1.82) is 0 Å². The van der Waals surface area contributed by atoms with Gasteiger partial charge in [-0.05, 0) is 66.9 Å². The number of methoxy groups -OCH3 is 3. The molecule has 178 valence electrons. The molecule has 0 N–H and O–H groups in total. The molecule has 0 spiro atoms. The first-order valence-electron chi connectivity index (χ1n) is 11.0. The normalized spacial score (nSPS) is 14.8. The van der Waals surface area contributed by atoms with E-state index < -0.39 is 11.9 Å². The van der Waals surface area contributed by atoms with E-state index in [1.165, 1.54) is 26.2 Å². The summed E-state index contributed by atoms with van der Waals surface area (Å²) in [5, 5.41) is 0.417. The molecular formula is C27H24N2O6. The van der Waals surface area contributed by atoms with Crippen LogP contribution in [0.2, 0.25) is 0 Å². The maximum absolute atomic E-state index is 13.9. The number of anilines is 1. The van der Waals surface area contributed by atoms with E-state index in [1.807, 2.05) is 13.8 Å². The number of ether oxygens (including phenoxy) is 3. The van der Waals surface area contributed by atoms with Crippen LogP contribution in [0.15, 0.2) is 57.9 Å². The van der Waals surface area contributed by atoms with Crippen molar-refractivity contribution in [3.63, 3.8) is 0 Å². The number of fused-ring (bicyclic) bond motifs is 2. The van der Waals surface area contributed by atoms with Gasteiger partial charge in [0.05, 0.1) is 38.3 Å². The highest BCUT2D eigenvalue weighted by Crippen LogP contribution is 2.46. The maximum Gasteiger partial charge on any atom is 0.296 e. The van der Waals surface area contributed by atoms with E-state index in [9.17, 15) is 9.59 Å². The van der Waals surface area contributed by atoms with Gasteiger partial charge in [0, 0.05) is 6.20 Å². The zero-order valence-corrected chi connectivity index (χ0v) is 20.0. The minimum absolute atomic E-state index is 0.00448. The molecule has 5 rings (SSSR count). The number of pyridine rings is 1. The van der Waals surface area contributed by atoms with Crippen molar-refractivity contribution >= 4 is 22.7 Å². The number of nitrogens with zero attached hydrogens (tertiary/aromatic N) is 2. The second-order valence-corrected chi connectivity index (χ2v) is 8.33. The number of hydrogen-bond acceptors (Lipinski definition) is 7. The van der Waals surface area contributed by atoms with Gasteiger partial charge in [-0.2, -0.15) is 0 Å². The fourth-order valence-corrected chi connectivity index (χ4v) is 4.54. The first kappa shape index (κ1) is 22.5. The summed E-state index contributed by atoms with van der Waals surface area (Å²) in [6.07, 6.45) is 1.59. The van der Waals surface area contributed by atoms with E-state index in [-0.39, 0.29) is 16.8 Å². The van der Waals surface area contributed by atoms with Crippen LogP contribution in [0.25, 0.3) is 11.0 Å². The van der Waals surface area contributed by atoms with Crippen molar-refractivity contribution in [2.45, 2.75) is 19.9 Å². The molecule has 0 saturated heterocycles. The van der Waals surface area contributed by atoms with Crippen LogP contribution < -0.4 is 24.5 Å². The molecule has 0 aliphatic carbocycles. The second kappa shape index (κ2) is 8.47. The Morgan fingerprint density at radius 2 is 1.60 bits per heavy atom. The molecule has 0 saturated carbocycles. The van der Waals surface area contributed by atoms with E-state index in [4.69, 9.17) is 18.6 Å². The Kier molecular flexibility index (Phi) is 5.43. The fourth-order valence-electron chi connectivity index (χ4n) is 4.54. The minimum atomic E-state index is -0.816. The summed E-state index contributed by atoms with van der Waals surface area (Å²) in [7, 11) is 4.54. The van der Waals surface area contributed by atoms with Crippen LogP contribution in [0.4, 0.5) is 5.82 Å². The predicted octanol–water partition coefficient (Wildman–Crippen LogP) is 4.58. The van der Waals surface area contributed by atoms with Gasteiger partial charge in [0.25, 0.3) is 5.91 Å². The number of hydrogen-bond donors (Lipinski definition) is 0. The van der Waals surface area contributed by atoms with Gasteiger partial charge in [0.1, 0.15) is 11.4 Å². The summed E-state index contributed by atoms with van der Waals surface area (Å²) in [5.74, 6) is 1.15. The summed E-state index contributed by atoms with van der Waals surface area (Å²) in [6.45, 7) is 3.87. The van der Waals surface area contributed by atoms with Gasteiger partial charge >= 0.3 is 0 Å². The number of rotatable bonds is 5. The number of carbonyl (C=O) groups is 1. The highest BCUT2D eigenvalue weighted by molar-refractivity contribution is 6.10. The Hall–Kier alpha value is -4.33. The van der Waals surface area contributed by atoms with Crippen molar-refractivity contribution in [3.8, 4) is 17.2 Å². The van der Waals surface area contributed by atoms with Crippen molar-refractivity contribution in [3.05, 3.63) is 86.9 Å². The quantitative estimate of drug-likeness (QED) is 0.420. The molecule has 8 nitrogen and oxygen atoms in total.